The summed E-state index contributed by atoms with van der Waals surface area (Å²) in [4.78, 5) is 12.1. The van der Waals surface area contributed by atoms with E-state index in [0.29, 0.717) is 18.1 Å². The van der Waals surface area contributed by atoms with E-state index in [4.69, 9.17) is 16.3 Å². The van der Waals surface area contributed by atoms with E-state index in [0.717, 1.165) is 11.3 Å². The van der Waals surface area contributed by atoms with Crippen LogP contribution in [0.25, 0.3) is 0 Å². The molecule has 0 aromatic heterocycles. The molecule has 1 atom stereocenters. The summed E-state index contributed by atoms with van der Waals surface area (Å²) in [5, 5.41) is 3.87. The van der Waals surface area contributed by atoms with E-state index >= 15 is 0 Å². The van der Waals surface area contributed by atoms with Gasteiger partial charge >= 0.3 is 5.97 Å². The third-order valence-electron chi connectivity index (χ3n) is 3.04. The van der Waals surface area contributed by atoms with Gasteiger partial charge in [-0.1, -0.05) is 41.9 Å². The van der Waals surface area contributed by atoms with Crippen LogP contribution in [0.5, 0.6) is 0 Å². The molecule has 0 heterocycles. The summed E-state index contributed by atoms with van der Waals surface area (Å²) in [6.45, 7) is 2.17. The van der Waals surface area contributed by atoms with Gasteiger partial charge in [-0.25, -0.2) is 4.79 Å². The minimum Gasteiger partial charge on any atom is -0.464 e. The zero-order valence-electron chi connectivity index (χ0n) is 11.9. The third-order valence-corrected chi connectivity index (χ3v) is 3.29. The standard InChI is InChI=1S/C17H18ClNO2/c1-2-21-17(20)16(12-13-6-4-3-5-7-13)19-15-10-8-14(18)9-11-15/h3-11,16,19H,2,12H2,1H3. The maximum absolute atomic E-state index is 12.1. The lowest BCUT2D eigenvalue weighted by atomic mass is 10.1. The molecular weight excluding hydrogens is 286 g/mol. The van der Waals surface area contributed by atoms with Crippen LogP contribution in [-0.4, -0.2) is 18.6 Å². The van der Waals surface area contributed by atoms with Crippen molar-refractivity contribution >= 4 is 23.3 Å². The van der Waals surface area contributed by atoms with Crippen LogP contribution in [0.3, 0.4) is 0 Å². The molecule has 0 bridgehead atoms. The second kappa shape index (κ2) is 7.70. The number of carbonyl (C=O) groups excluding carboxylic acids is 1. The molecule has 3 nitrogen and oxygen atoms in total. The van der Waals surface area contributed by atoms with Gasteiger partial charge in [0.25, 0.3) is 0 Å². The first kappa shape index (κ1) is 15.4. The van der Waals surface area contributed by atoms with Crippen molar-refractivity contribution in [2.45, 2.75) is 19.4 Å². The maximum Gasteiger partial charge on any atom is 0.328 e. The van der Waals surface area contributed by atoms with Crippen molar-refractivity contribution in [2.24, 2.45) is 0 Å². The van der Waals surface area contributed by atoms with E-state index in [1.807, 2.05) is 42.5 Å². The molecule has 1 N–H and O–H groups in total. The van der Waals surface area contributed by atoms with Gasteiger partial charge in [-0.3, -0.25) is 0 Å². The average molecular weight is 304 g/mol. The fourth-order valence-electron chi connectivity index (χ4n) is 2.03. The molecule has 2 aromatic carbocycles. The van der Waals surface area contributed by atoms with Gasteiger partial charge in [0, 0.05) is 17.1 Å². The summed E-state index contributed by atoms with van der Waals surface area (Å²) in [6, 6.07) is 16.7. The van der Waals surface area contributed by atoms with E-state index in [9.17, 15) is 4.79 Å². The average Bonchev–Trinajstić information content (AvgIpc) is 2.50. The topological polar surface area (TPSA) is 38.3 Å². The summed E-state index contributed by atoms with van der Waals surface area (Å²) < 4.78 is 5.14. The Morgan fingerprint density at radius 1 is 1.14 bits per heavy atom. The van der Waals surface area contributed by atoms with Crippen molar-refractivity contribution in [3.63, 3.8) is 0 Å². The Morgan fingerprint density at radius 2 is 1.81 bits per heavy atom. The second-order valence-electron chi connectivity index (χ2n) is 4.65. The lowest BCUT2D eigenvalue weighted by Gasteiger charge is -2.18. The Balaban J connectivity index is 2.11. The van der Waals surface area contributed by atoms with Gasteiger partial charge in [0.15, 0.2) is 0 Å². The molecule has 110 valence electrons. The number of rotatable bonds is 6. The van der Waals surface area contributed by atoms with E-state index in [1.54, 1.807) is 19.1 Å². The monoisotopic (exact) mass is 303 g/mol. The van der Waals surface area contributed by atoms with Crippen molar-refractivity contribution in [3.8, 4) is 0 Å². The second-order valence-corrected chi connectivity index (χ2v) is 5.08. The van der Waals surface area contributed by atoms with Crippen molar-refractivity contribution in [2.75, 3.05) is 11.9 Å². The number of esters is 1. The Bertz CT molecular complexity index is 569. The Kier molecular flexibility index (Phi) is 5.64. The Labute approximate surface area is 129 Å². The summed E-state index contributed by atoms with van der Waals surface area (Å²) >= 11 is 5.87. The summed E-state index contributed by atoms with van der Waals surface area (Å²) in [5.74, 6) is -0.253. The molecule has 0 spiro atoms. The van der Waals surface area contributed by atoms with Crippen LogP contribution in [0.1, 0.15) is 12.5 Å². The smallest absolute Gasteiger partial charge is 0.328 e. The summed E-state index contributed by atoms with van der Waals surface area (Å²) in [7, 11) is 0. The van der Waals surface area contributed by atoms with Gasteiger partial charge < -0.3 is 10.1 Å². The summed E-state index contributed by atoms with van der Waals surface area (Å²) in [5.41, 5.74) is 1.92. The zero-order valence-corrected chi connectivity index (χ0v) is 12.6. The van der Waals surface area contributed by atoms with Gasteiger partial charge in [-0.15, -0.1) is 0 Å². The molecule has 2 aromatic rings. The quantitative estimate of drug-likeness (QED) is 0.822. The number of hydrogen-bond acceptors (Lipinski definition) is 3. The normalized spacial score (nSPS) is 11.7. The van der Waals surface area contributed by atoms with Gasteiger partial charge in [0.1, 0.15) is 6.04 Å². The van der Waals surface area contributed by atoms with Crippen LogP contribution in [0.4, 0.5) is 5.69 Å². The number of benzene rings is 2. The number of nitrogens with one attached hydrogen (secondary N) is 1. The van der Waals surface area contributed by atoms with E-state index in [2.05, 4.69) is 5.32 Å². The largest absolute Gasteiger partial charge is 0.464 e. The molecule has 0 aliphatic carbocycles. The minimum absolute atomic E-state index is 0.253. The third kappa shape index (κ3) is 4.80. The lowest BCUT2D eigenvalue weighted by molar-refractivity contribution is -0.144. The fourth-order valence-corrected chi connectivity index (χ4v) is 2.16. The van der Waals surface area contributed by atoms with E-state index in [1.165, 1.54) is 0 Å². The molecule has 2 rings (SSSR count). The molecular formula is C17H18ClNO2. The van der Waals surface area contributed by atoms with E-state index < -0.39 is 6.04 Å². The molecule has 0 saturated heterocycles. The van der Waals surface area contributed by atoms with Crippen molar-refractivity contribution < 1.29 is 9.53 Å². The highest BCUT2D eigenvalue weighted by molar-refractivity contribution is 6.30. The maximum atomic E-state index is 12.1. The van der Waals surface area contributed by atoms with Crippen molar-refractivity contribution in [1.29, 1.82) is 0 Å². The van der Waals surface area contributed by atoms with E-state index in [-0.39, 0.29) is 5.97 Å². The minimum atomic E-state index is -0.423. The number of halogens is 1. The van der Waals surface area contributed by atoms with Crippen molar-refractivity contribution in [1.82, 2.24) is 0 Å². The van der Waals surface area contributed by atoms with Crippen LogP contribution in [0, 0.1) is 0 Å². The van der Waals surface area contributed by atoms with Gasteiger partial charge in [0.2, 0.25) is 0 Å². The SMILES string of the molecule is CCOC(=O)C(Cc1ccccc1)Nc1ccc(Cl)cc1. The predicted molar refractivity (Wildman–Crippen MR) is 85.6 cm³/mol. The van der Waals surface area contributed by atoms with Crippen LogP contribution in [0.15, 0.2) is 54.6 Å². The molecule has 21 heavy (non-hydrogen) atoms. The number of carbonyl (C=O) groups is 1. The summed E-state index contributed by atoms with van der Waals surface area (Å²) in [6.07, 6.45) is 0.572. The highest BCUT2D eigenvalue weighted by Crippen LogP contribution is 2.16. The van der Waals surface area contributed by atoms with Crippen LogP contribution in [-0.2, 0) is 16.0 Å². The number of hydrogen-bond donors (Lipinski definition) is 1. The first-order valence-electron chi connectivity index (χ1n) is 6.91. The molecule has 0 aliphatic heterocycles. The molecule has 1 unspecified atom stereocenters. The first-order chi connectivity index (χ1) is 10.2. The van der Waals surface area contributed by atoms with Crippen LogP contribution >= 0.6 is 11.6 Å². The molecule has 0 fully saturated rings. The highest BCUT2D eigenvalue weighted by Gasteiger charge is 2.20. The number of ether oxygens (including phenoxy) is 1. The van der Waals surface area contributed by atoms with Gasteiger partial charge in [0.05, 0.1) is 6.61 Å². The Hall–Kier alpha value is -2.00. The Morgan fingerprint density at radius 3 is 2.43 bits per heavy atom. The molecule has 0 aliphatic rings. The molecule has 0 radical (unpaired) electrons. The molecule has 4 heteroatoms. The first-order valence-corrected chi connectivity index (χ1v) is 7.29. The fraction of sp³-hybridized carbons (Fsp3) is 0.235. The lowest BCUT2D eigenvalue weighted by Crippen LogP contribution is -2.33. The number of anilines is 1. The van der Waals surface area contributed by atoms with Gasteiger partial charge in [-0.2, -0.15) is 0 Å². The zero-order chi connectivity index (χ0) is 15.1. The van der Waals surface area contributed by atoms with Gasteiger partial charge in [-0.05, 0) is 36.8 Å². The molecule has 0 amide bonds. The van der Waals surface area contributed by atoms with Crippen LogP contribution < -0.4 is 5.32 Å². The van der Waals surface area contributed by atoms with Crippen molar-refractivity contribution in [3.05, 3.63) is 65.2 Å². The van der Waals surface area contributed by atoms with Crippen LogP contribution in [0.2, 0.25) is 5.02 Å². The predicted octanol–water partition coefficient (Wildman–Crippen LogP) is 3.93. The highest BCUT2D eigenvalue weighted by atomic mass is 35.5. The molecule has 0 saturated carbocycles.